The fourth-order valence-electron chi connectivity index (χ4n) is 2.49. The van der Waals surface area contributed by atoms with Gasteiger partial charge in [0.2, 0.25) is 10.0 Å². The molecule has 1 aliphatic heterocycles. The SMILES string of the molecule is N#Cc1cc(N2CCN(S(=O)(=O)Cc3ccon3)CC2)ccn1. The highest BCUT2D eigenvalue weighted by molar-refractivity contribution is 7.88. The molecule has 2 aromatic heterocycles. The number of nitriles is 1. The van der Waals surface area contributed by atoms with Gasteiger partial charge >= 0.3 is 0 Å². The molecule has 1 fully saturated rings. The van der Waals surface area contributed by atoms with E-state index in [0.29, 0.717) is 37.6 Å². The average molecular weight is 333 g/mol. The summed E-state index contributed by atoms with van der Waals surface area (Å²) in [4.78, 5) is 5.99. The van der Waals surface area contributed by atoms with Gasteiger partial charge < -0.3 is 9.42 Å². The van der Waals surface area contributed by atoms with Crippen LogP contribution in [0.15, 0.2) is 35.2 Å². The zero-order chi connectivity index (χ0) is 16.3. The number of hydrogen-bond donors (Lipinski definition) is 0. The molecule has 1 aliphatic rings. The quantitative estimate of drug-likeness (QED) is 0.806. The number of sulfonamides is 1. The molecule has 120 valence electrons. The summed E-state index contributed by atoms with van der Waals surface area (Å²) in [5, 5.41) is 12.5. The van der Waals surface area contributed by atoms with Crippen molar-refractivity contribution in [2.45, 2.75) is 5.75 Å². The predicted molar refractivity (Wildman–Crippen MR) is 81.9 cm³/mol. The molecule has 3 rings (SSSR count). The number of nitrogens with zero attached hydrogens (tertiary/aromatic N) is 5. The highest BCUT2D eigenvalue weighted by atomic mass is 32.2. The average Bonchev–Trinajstić information content (AvgIpc) is 3.07. The summed E-state index contributed by atoms with van der Waals surface area (Å²) in [7, 11) is -3.41. The van der Waals surface area contributed by atoms with E-state index in [1.807, 2.05) is 17.0 Å². The van der Waals surface area contributed by atoms with Crippen LogP contribution in [0.5, 0.6) is 0 Å². The number of rotatable bonds is 4. The molecule has 3 heterocycles. The van der Waals surface area contributed by atoms with Crippen LogP contribution >= 0.6 is 0 Å². The minimum atomic E-state index is -3.41. The number of piperazine rings is 1. The molecule has 0 unspecified atom stereocenters. The largest absolute Gasteiger partial charge is 0.369 e. The first-order valence-corrected chi connectivity index (χ1v) is 8.67. The Kier molecular flexibility index (Phi) is 4.27. The molecule has 0 N–H and O–H groups in total. The van der Waals surface area contributed by atoms with Crippen LogP contribution in [-0.4, -0.2) is 49.0 Å². The molecule has 0 aromatic carbocycles. The maximum Gasteiger partial charge on any atom is 0.220 e. The Labute approximate surface area is 134 Å². The fourth-order valence-corrected chi connectivity index (χ4v) is 3.92. The van der Waals surface area contributed by atoms with Crippen molar-refractivity contribution in [2.75, 3.05) is 31.1 Å². The lowest BCUT2D eigenvalue weighted by molar-refractivity contribution is 0.381. The monoisotopic (exact) mass is 333 g/mol. The van der Waals surface area contributed by atoms with Crippen molar-refractivity contribution in [1.29, 1.82) is 5.26 Å². The normalized spacial score (nSPS) is 16.2. The van der Waals surface area contributed by atoms with Gasteiger partial charge in [-0.3, -0.25) is 0 Å². The fraction of sp³-hybridized carbons (Fsp3) is 0.357. The Bertz CT molecular complexity index is 805. The van der Waals surface area contributed by atoms with E-state index in [4.69, 9.17) is 5.26 Å². The van der Waals surface area contributed by atoms with Gasteiger partial charge in [0.05, 0.1) is 5.69 Å². The van der Waals surface area contributed by atoms with Crippen LogP contribution < -0.4 is 4.90 Å². The minimum absolute atomic E-state index is 0.155. The van der Waals surface area contributed by atoms with Crippen LogP contribution in [-0.2, 0) is 15.8 Å². The third-order valence-electron chi connectivity index (χ3n) is 3.68. The lowest BCUT2D eigenvalue weighted by atomic mass is 10.2. The topological polar surface area (TPSA) is 103 Å². The molecular formula is C14H15N5O3S. The van der Waals surface area contributed by atoms with E-state index >= 15 is 0 Å². The standard InChI is InChI=1S/C14H15N5O3S/c15-10-13-9-14(1-3-16-13)18-4-6-19(7-5-18)23(20,21)11-12-2-8-22-17-12/h1-3,8-9H,4-7,11H2. The molecule has 0 radical (unpaired) electrons. The molecule has 2 aromatic rings. The maximum atomic E-state index is 12.4. The van der Waals surface area contributed by atoms with Crippen molar-refractivity contribution in [3.05, 3.63) is 42.0 Å². The van der Waals surface area contributed by atoms with Crippen molar-refractivity contribution < 1.29 is 12.9 Å². The van der Waals surface area contributed by atoms with Gasteiger partial charge in [0, 0.05) is 44.1 Å². The molecule has 0 atom stereocenters. The Hall–Kier alpha value is -2.44. The zero-order valence-electron chi connectivity index (χ0n) is 12.3. The summed E-state index contributed by atoms with van der Waals surface area (Å²) in [6.07, 6.45) is 2.95. The predicted octanol–water partition coefficient (Wildman–Crippen LogP) is 0.593. The summed E-state index contributed by atoms with van der Waals surface area (Å²) < 4.78 is 30.9. The molecule has 0 saturated carbocycles. The molecule has 23 heavy (non-hydrogen) atoms. The third-order valence-corrected chi connectivity index (χ3v) is 5.49. The number of aromatic nitrogens is 2. The van der Waals surface area contributed by atoms with Gasteiger partial charge in [-0.25, -0.2) is 13.4 Å². The molecule has 0 aliphatic carbocycles. The summed E-state index contributed by atoms with van der Waals surface area (Å²) in [5.41, 5.74) is 1.63. The van der Waals surface area contributed by atoms with Crippen LogP contribution in [0.3, 0.4) is 0 Å². The van der Waals surface area contributed by atoms with Gasteiger partial charge in [-0.15, -0.1) is 0 Å². The Balaban J connectivity index is 1.65. The van der Waals surface area contributed by atoms with E-state index in [0.717, 1.165) is 5.69 Å². The highest BCUT2D eigenvalue weighted by Crippen LogP contribution is 2.19. The summed E-state index contributed by atoms with van der Waals surface area (Å²) >= 11 is 0. The molecular weight excluding hydrogens is 318 g/mol. The van der Waals surface area contributed by atoms with E-state index in [1.54, 1.807) is 18.3 Å². The van der Waals surface area contributed by atoms with Crippen LogP contribution in [0.2, 0.25) is 0 Å². The van der Waals surface area contributed by atoms with Gasteiger partial charge in [0.15, 0.2) is 0 Å². The lowest BCUT2D eigenvalue weighted by Gasteiger charge is -2.35. The molecule has 9 heteroatoms. The van der Waals surface area contributed by atoms with E-state index in [2.05, 4.69) is 14.7 Å². The summed E-state index contributed by atoms with van der Waals surface area (Å²) in [6, 6.07) is 7.08. The van der Waals surface area contributed by atoms with Gasteiger partial charge in [-0.2, -0.15) is 9.57 Å². The number of hydrogen-bond acceptors (Lipinski definition) is 7. The van der Waals surface area contributed by atoms with Crippen molar-refractivity contribution in [3.63, 3.8) is 0 Å². The first-order valence-electron chi connectivity index (χ1n) is 7.07. The van der Waals surface area contributed by atoms with Gasteiger partial charge in [0.25, 0.3) is 0 Å². The second-order valence-electron chi connectivity index (χ2n) is 5.14. The Morgan fingerprint density at radius 1 is 1.26 bits per heavy atom. The smallest absolute Gasteiger partial charge is 0.220 e. The van der Waals surface area contributed by atoms with Crippen LogP contribution in [0, 0.1) is 11.3 Å². The van der Waals surface area contributed by atoms with Gasteiger partial charge in [-0.1, -0.05) is 5.16 Å². The van der Waals surface area contributed by atoms with Gasteiger partial charge in [-0.05, 0) is 12.1 Å². The second kappa shape index (κ2) is 6.36. The molecule has 1 saturated heterocycles. The van der Waals surface area contributed by atoms with Crippen LogP contribution in [0.4, 0.5) is 5.69 Å². The van der Waals surface area contributed by atoms with E-state index in [9.17, 15) is 8.42 Å². The van der Waals surface area contributed by atoms with E-state index in [1.165, 1.54) is 10.6 Å². The molecule has 0 bridgehead atoms. The van der Waals surface area contributed by atoms with E-state index < -0.39 is 10.0 Å². The van der Waals surface area contributed by atoms with Crippen LogP contribution in [0.25, 0.3) is 0 Å². The lowest BCUT2D eigenvalue weighted by Crippen LogP contribution is -2.49. The van der Waals surface area contributed by atoms with Crippen LogP contribution in [0.1, 0.15) is 11.4 Å². The summed E-state index contributed by atoms with van der Waals surface area (Å²) in [5.74, 6) is -0.155. The Morgan fingerprint density at radius 3 is 2.70 bits per heavy atom. The summed E-state index contributed by atoms with van der Waals surface area (Å²) in [6.45, 7) is 1.91. The first kappa shape index (κ1) is 15.5. The van der Waals surface area contributed by atoms with E-state index in [-0.39, 0.29) is 5.75 Å². The maximum absolute atomic E-state index is 12.4. The first-order chi connectivity index (χ1) is 11.1. The minimum Gasteiger partial charge on any atom is -0.369 e. The number of anilines is 1. The van der Waals surface area contributed by atoms with Crippen molar-refractivity contribution in [2.24, 2.45) is 0 Å². The third kappa shape index (κ3) is 3.49. The van der Waals surface area contributed by atoms with Crippen molar-refractivity contribution in [1.82, 2.24) is 14.4 Å². The molecule has 0 spiro atoms. The Morgan fingerprint density at radius 2 is 2.04 bits per heavy atom. The highest BCUT2D eigenvalue weighted by Gasteiger charge is 2.28. The molecule has 8 nitrogen and oxygen atoms in total. The number of pyridine rings is 1. The molecule has 0 amide bonds. The van der Waals surface area contributed by atoms with Gasteiger partial charge in [0.1, 0.15) is 23.8 Å². The zero-order valence-corrected chi connectivity index (χ0v) is 13.1. The van der Waals surface area contributed by atoms with Crippen molar-refractivity contribution >= 4 is 15.7 Å². The second-order valence-corrected chi connectivity index (χ2v) is 7.11. The van der Waals surface area contributed by atoms with Crippen molar-refractivity contribution in [3.8, 4) is 6.07 Å².